The lowest BCUT2D eigenvalue weighted by atomic mass is 10.2. The highest BCUT2D eigenvalue weighted by atomic mass is 32.1. The predicted octanol–water partition coefficient (Wildman–Crippen LogP) is 3.17. The Bertz CT molecular complexity index is 651. The van der Waals surface area contributed by atoms with E-state index in [9.17, 15) is 18.0 Å². The predicted molar refractivity (Wildman–Crippen MR) is 75.5 cm³/mol. The zero-order valence-corrected chi connectivity index (χ0v) is 12.6. The standard InChI is InChI=1S/C12H14F3N5OS/c1-3-8(10-19-9(6-22-10)12(13,14)15)18-11(21)17-7-4-16-20(2)5-7/h4-6,8H,3H2,1-2H3,(H2,17,18,21)/t8-/m0/s1. The van der Waals surface area contributed by atoms with Gasteiger partial charge in [-0.15, -0.1) is 11.3 Å². The molecular weight excluding hydrogens is 319 g/mol. The fourth-order valence-corrected chi connectivity index (χ4v) is 2.69. The molecule has 2 aromatic rings. The van der Waals surface area contributed by atoms with Gasteiger partial charge in [0.05, 0.1) is 17.9 Å². The van der Waals surface area contributed by atoms with E-state index in [0.717, 1.165) is 16.7 Å². The molecule has 0 aliphatic carbocycles. The molecule has 0 unspecified atom stereocenters. The maximum Gasteiger partial charge on any atom is 0.434 e. The Morgan fingerprint density at radius 2 is 2.23 bits per heavy atom. The average Bonchev–Trinajstić information content (AvgIpc) is 3.04. The second-order valence-electron chi connectivity index (χ2n) is 4.53. The van der Waals surface area contributed by atoms with Gasteiger partial charge in [0.15, 0.2) is 5.69 Å². The summed E-state index contributed by atoms with van der Waals surface area (Å²) in [5.74, 6) is 0. The Morgan fingerprint density at radius 1 is 1.50 bits per heavy atom. The summed E-state index contributed by atoms with van der Waals surface area (Å²) < 4.78 is 39.2. The van der Waals surface area contributed by atoms with Crippen LogP contribution in [0.4, 0.5) is 23.7 Å². The van der Waals surface area contributed by atoms with Crippen LogP contribution in [0, 0.1) is 0 Å². The first-order valence-electron chi connectivity index (χ1n) is 6.38. The summed E-state index contributed by atoms with van der Waals surface area (Å²) in [7, 11) is 1.70. The summed E-state index contributed by atoms with van der Waals surface area (Å²) in [6, 6.07) is -1.11. The molecule has 2 aromatic heterocycles. The number of aryl methyl sites for hydroxylation is 1. The molecule has 2 amide bonds. The number of carbonyl (C=O) groups excluding carboxylic acids is 1. The van der Waals surface area contributed by atoms with Crippen LogP contribution in [-0.4, -0.2) is 20.8 Å². The van der Waals surface area contributed by atoms with Gasteiger partial charge in [-0.3, -0.25) is 4.68 Å². The molecule has 0 bridgehead atoms. The van der Waals surface area contributed by atoms with Crippen molar-refractivity contribution >= 4 is 23.1 Å². The number of nitrogens with one attached hydrogen (secondary N) is 2. The molecule has 0 aromatic carbocycles. The third kappa shape index (κ3) is 3.97. The molecule has 10 heteroatoms. The van der Waals surface area contributed by atoms with Crippen LogP contribution in [0.1, 0.15) is 30.1 Å². The fourth-order valence-electron chi connectivity index (χ4n) is 1.73. The van der Waals surface area contributed by atoms with Crippen LogP contribution in [0.5, 0.6) is 0 Å². The molecule has 22 heavy (non-hydrogen) atoms. The van der Waals surface area contributed by atoms with Gasteiger partial charge >= 0.3 is 12.2 Å². The van der Waals surface area contributed by atoms with E-state index in [4.69, 9.17) is 0 Å². The number of thiazole rings is 1. The van der Waals surface area contributed by atoms with E-state index in [2.05, 4.69) is 20.7 Å². The van der Waals surface area contributed by atoms with E-state index in [1.54, 1.807) is 20.2 Å². The SMILES string of the molecule is CC[C@H](NC(=O)Nc1cnn(C)c1)c1nc(C(F)(F)F)cs1. The summed E-state index contributed by atoms with van der Waals surface area (Å²) >= 11 is 0.871. The van der Waals surface area contributed by atoms with Gasteiger partial charge in [0, 0.05) is 18.6 Å². The second-order valence-corrected chi connectivity index (χ2v) is 5.42. The smallest absolute Gasteiger partial charge is 0.329 e. The van der Waals surface area contributed by atoms with Crippen molar-refractivity contribution in [1.82, 2.24) is 20.1 Å². The number of urea groups is 1. The summed E-state index contributed by atoms with van der Waals surface area (Å²) in [5.41, 5.74) is -0.453. The first-order valence-corrected chi connectivity index (χ1v) is 7.26. The number of hydrogen-bond donors (Lipinski definition) is 2. The van der Waals surface area contributed by atoms with Gasteiger partial charge in [0.2, 0.25) is 0 Å². The molecule has 0 saturated carbocycles. The third-order valence-electron chi connectivity index (χ3n) is 2.79. The summed E-state index contributed by atoms with van der Waals surface area (Å²) in [5, 5.41) is 10.2. The van der Waals surface area contributed by atoms with E-state index < -0.39 is 23.9 Å². The molecule has 0 saturated heterocycles. The van der Waals surface area contributed by atoms with Gasteiger partial charge in [0.25, 0.3) is 0 Å². The molecule has 0 aliphatic heterocycles. The van der Waals surface area contributed by atoms with Gasteiger partial charge in [-0.05, 0) is 6.42 Å². The van der Waals surface area contributed by atoms with Crippen LogP contribution >= 0.6 is 11.3 Å². The number of anilines is 1. The highest BCUT2D eigenvalue weighted by molar-refractivity contribution is 7.09. The van der Waals surface area contributed by atoms with Crippen LogP contribution in [0.2, 0.25) is 0 Å². The van der Waals surface area contributed by atoms with Crippen molar-refractivity contribution in [3.05, 3.63) is 28.5 Å². The maximum atomic E-state index is 12.6. The molecule has 0 radical (unpaired) electrons. The first-order chi connectivity index (χ1) is 10.3. The van der Waals surface area contributed by atoms with Gasteiger partial charge in [-0.25, -0.2) is 9.78 Å². The zero-order valence-electron chi connectivity index (χ0n) is 11.8. The lowest BCUT2D eigenvalue weighted by Crippen LogP contribution is -2.32. The zero-order chi connectivity index (χ0) is 16.3. The van der Waals surface area contributed by atoms with Crippen molar-refractivity contribution in [2.24, 2.45) is 7.05 Å². The largest absolute Gasteiger partial charge is 0.434 e. The van der Waals surface area contributed by atoms with E-state index >= 15 is 0 Å². The van der Waals surface area contributed by atoms with E-state index in [0.29, 0.717) is 12.1 Å². The van der Waals surface area contributed by atoms with Crippen molar-refractivity contribution in [2.75, 3.05) is 5.32 Å². The molecule has 0 aliphatic rings. The van der Waals surface area contributed by atoms with Crippen LogP contribution < -0.4 is 10.6 Å². The van der Waals surface area contributed by atoms with Gasteiger partial charge < -0.3 is 10.6 Å². The Morgan fingerprint density at radius 3 is 2.73 bits per heavy atom. The van der Waals surface area contributed by atoms with Crippen molar-refractivity contribution in [1.29, 1.82) is 0 Å². The molecule has 2 heterocycles. The van der Waals surface area contributed by atoms with Crippen molar-refractivity contribution in [2.45, 2.75) is 25.6 Å². The number of nitrogens with zero attached hydrogens (tertiary/aromatic N) is 3. The minimum absolute atomic E-state index is 0.219. The lowest BCUT2D eigenvalue weighted by molar-refractivity contribution is -0.140. The van der Waals surface area contributed by atoms with Gasteiger partial charge in [-0.1, -0.05) is 6.92 Å². The van der Waals surface area contributed by atoms with Crippen LogP contribution in [0.25, 0.3) is 0 Å². The van der Waals surface area contributed by atoms with E-state index in [1.165, 1.54) is 10.9 Å². The number of aromatic nitrogens is 3. The molecule has 2 rings (SSSR count). The van der Waals surface area contributed by atoms with Crippen molar-refractivity contribution in [3.8, 4) is 0 Å². The summed E-state index contributed by atoms with van der Waals surface area (Å²) in [6.45, 7) is 1.75. The van der Waals surface area contributed by atoms with Gasteiger partial charge in [-0.2, -0.15) is 18.3 Å². The van der Waals surface area contributed by atoms with Gasteiger partial charge in [0.1, 0.15) is 5.01 Å². The number of carbonyl (C=O) groups is 1. The molecule has 1 atom stereocenters. The molecule has 0 fully saturated rings. The number of amides is 2. The molecule has 120 valence electrons. The van der Waals surface area contributed by atoms with Crippen molar-refractivity contribution in [3.63, 3.8) is 0 Å². The molecule has 2 N–H and O–H groups in total. The Balaban J connectivity index is 2.02. The minimum Gasteiger partial charge on any atom is -0.329 e. The number of hydrogen-bond acceptors (Lipinski definition) is 4. The van der Waals surface area contributed by atoms with E-state index in [1.807, 2.05) is 0 Å². The minimum atomic E-state index is -4.48. The van der Waals surface area contributed by atoms with Crippen molar-refractivity contribution < 1.29 is 18.0 Å². The number of rotatable bonds is 4. The Kier molecular flexibility index (Phi) is 4.69. The molecular formula is C12H14F3N5OS. The maximum absolute atomic E-state index is 12.6. The number of halogens is 3. The average molecular weight is 333 g/mol. The summed E-state index contributed by atoms with van der Waals surface area (Å²) in [6.07, 6.45) is -0.992. The van der Waals surface area contributed by atoms with E-state index in [-0.39, 0.29) is 5.01 Å². The first kappa shape index (κ1) is 16.3. The monoisotopic (exact) mass is 333 g/mol. The third-order valence-corrected chi connectivity index (χ3v) is 3.75. The topological polar surface area (TPSA) is 71.8 Å². The highest BCUT2D eigenvalue weighted by Gasteiger charge is 2.34. The van der Waals surface area contributed by atoms with Crippen LogP contribution in [0.3, 0.4) is 0 Å². The van der Waals surface area contributed by atoms with Crippen LogP contribution in [0.15, 0.2) is 17.8 Å². The second kappa shape index (κ2) is 6.34. The quantitative estimate of drug-likeness (QED) is 0.903. The highest BCUT2D eigenvalue weighted by Crippen LogP contribution is 2.32. The number of alkyl halides is 3. The molecule has 6 nitrogen and oxygen atoms in total. The Hall–Kier alpha value is -2.10. The molecule has 0 spiro atoms. The fraction of sp³-hybridized carbons (Fsp3) is 0.417. The Labute approximate surface area is 128 Å². The van der Waals surface area contributed by atoms with Crippen LogP contribution in [-0.2, 0) is 13.2 Å². The normalized spacial score (nSPS) is 13.0. The lowest BCUT2D eigenvalue weighted by Gasteiger charge is -2.14. The summed E-state index contributed by atoms with van der Waals surface area (Å²) in [4.78, 5) is 15.4.